The first kappa shape index (κ1) is 14.0. The van der Waals surface area contributed by atoms with Crippen molar-refractivity contribution in [1.29, 1.82) is 0 Å². The summed E-state index contributed by atoms with van der Waals surface area (Å²) in [5.41, 5.74) is 0.618. The van der Waals surface area contributed by atoms with Crippen molar-refractivity contribution in [2.24, 2.45) is 5.92 Å². The number of carbonyl (C=O) groups excluding carboxylic acids is 1. The predicted molar refractivity (Wildman–Crippen MR) is 72.9 cm³/mol. The number of carbonyl (C=O) groups is 1. The number of hydrogen-bond acceptors (Lipinski definition) is 2. The first-order valence-corrected chi connectivity index (χ1v) is 6.52. The van der Waals surface area contributed by atoms with Gasteiger partial charge in [0.25, 0.3) is 5.91 Å². The van der Waals surface area contributed by atoms with Crippen LogP contribution in [-0.2, 0) is 0 Å². The van der Waals surface area contributed by atoms with Gasteiger partial charge in [0, 0.05) is 16.9 Å². The van der Waals surface area contributed by atoms with Crippen molar-refractivity contribution in [1.82, 2.24) is 5.32 Å². The van der Waals surface area contributed by atoms with Gasteiger partial charge in [0.05, 0.1) is 7.11 Å². The number of ether oxygens (including phenoxy) is 1. The molecule has 1 aromatic rings. The Morgan fingerprint density at radius 2 is 2.18 bits per heavy atom. The number of halogens is 1. The molecule has 17 heavy (non-hydrogen) atoms. The summed E-state index contributed by atoms with van der Waals surface area (Å²) in [5, 5.41) is 2.89. The van der Waals surface area contributed by atoms with Crippen molar-refractivity contribution in [2.45, 2.75) is 18.7 Å². The van der Waals surface area contributed by atoms with E-state index in [-0.39, 0.29) is 10.7 Å². The van der Waals surface area contributed by atoms with Gasteiger partial charge in [0.2, 0.25) is 0 Å². The Kier molecular flexibility index (Phi) is 5.48. The molecule has 0 heterocycles. The average Bonchev–Trinajstić information content (AvgIpc) is 2.35. The third-order valence-corrected chi connectivity index (χ3v) is 3.89. The summed E-state index contributed by atoms with van der Waals surface area (Å²) in [4.78, 5) is 12.1. The Labute approximate surface area is 111 Å². The SMILES string of the molecule is COc1cccc(C(=O)NCC(Br)C(C)C)c1. The number of alkyl halides is 1. The Hall–Kier alpha value is -1.03. The highest BCUT2D eigenvalue weighted by atomic mass is 79.9. The lowest BCUT2D eigenvalue weighted by Gasteiger charge is -2.14. The van der Waals surface area contributed by atoms with Gasteiger partial charge in [-0.15, -0.1) is 0 Å². The minimum atomic E-state index is -0.0750. The minimum absolute atomic E-state index is 0.0750. The van der Waals surface area contributed by atoms with Crippen LogP contribution in [0.25, 0.3) is 0 Å². The molecular weight excluding hydrogens is 282 g/mol. The Bertz CT molecular complexity index is 379. The maximum Gasteiger partial charge on any atom is 0.251 e. The van der Waals surface area contributed by atoms with E-state index in [4.69, 9.17) is 4.74 Å². The molecule has 0 fully saturated rings. The molecule has 0 radical (unpaired) electrons. The first-order valence-electron chi connectivity index (χ1n) is 5.61. The van der Waals surface area contributed by atoms with Crippen LogP contribution in [0.15, 0.2) is 24.3 Å². The zero-order valence-corrected chi connectivity index (χ0v) is 12.0. The summed E-state index contributed by atoms with van der Waals surface area (Å²) in [6, 6.07) is 7.13. The molecule has 3 nitrogen and oxygen atoms in total. The summed E-state index contributed by atoms with van der Waals surface area (Å²) in [7, 11) is 1.59. The van der Waals surface area contributed by atoms with Gasteiger partial charge in [-0.1, -0.05) is 35.8 Å². The molecule has 0 saturated heterocycles. The van der Waals surface area contributed by atoms with Crippen LogP contribution in [0.4, 0.5) is 0 Å². The van der Waals surface area contributed by atoms with E-state index in [1.807, 2.05) is 12.1 Å². The van der Waals surface area contributed by atoms with Crippen LogP contribution in [0.3, 0.4) is 0 Å². The number of methoxy groups -OCH3 is 1. The summed E-state index contributed by atoms with van der Waals surface area (Å²) < 4.78 is 5.08. The van der Waals surface area contributed by atoms with Gasteiger partial charge in [-0.3, -0.25) is 4.79 Å². The molecule has 1 unspecified atom stereocenters. The lowest BCUT2D eigenvalue weighted by Crippen LogP contribution is -2.31. The number of amides is 1. The molecule has 1 aromatic carbocycles. The zero-order chi connectivity index (χ0) is 12.8. The summed E-state index contributed by atoms with van der Waals surface area (Å²) in [5.74, 6) is 1.10. The molecule has 1 amide bonds. The Morgan fingerprint density at radius 3 is 2.76 bits per heavy atom. The molecule has 1 rings (SSSR count). The highest BCUT2D eigenvalue weighted by Gasteiger charge is 2.12. The van der Waals surface area contributed by atoms with Crippen LogP contribution in [0.5, 0.6) is 5.75 Å². The van der Waals surface area contributed by atoms with Crippen LogP contribution in [-0.4, -0.2) is 24.4 Å². The van der Waals surface area contributed by atoms with Gasteiger partial charge in [-0.2, -0.15) is 0 Å². The molecule has 0 aliphatic rings. The average molecular weight is 300 g/mol. The summed E-state index contributed by atoms with van der Waals surface area (Å²) in [6.45, 7) is 4.84. The normalized spacial score (nSPS) is 12.3. The zero-order valence-electron chi connectivity index (χ0n) is 10.4. The van der Waals surface area contributed by atoms with Gasteiger partial charge in [0.15, 0.2) is 0 Å². The fourth-order valence-electron chi connectivity index (χ4n) is 1.29. The van der Waals surface area contributed by atoms with Crippen molar-refractivity contribution in [3.63, 3.8) is 0 Å². The smallest absolute Gasteiger partial charge is 0.251 e. The van der Waals surface area contributed by atoms with Gasteiger partial charge in [-0.25, -0.2) is 0 Å². The number of rotatable bonds is 5. The quantitative estimate of drug-likeness (QED) is 0.849. The van der Waals surface area contributed by atoms with Crippen molar-refractivity contribution in [3.05, 3.63) is 29.8 Å². The van der Waals surface area contributed by atoms with E-state index in [1.165, 1.54) is 0 Å². The third kappa shape index (κ3) is 4.38. The van der Waals surface area contributed by atoms with Gasteiger partial charge >= 0.3 is 0 Å². The second kappa shape index (κ2) is 6.64. The molecule has 94 valence electrons. The highest BCUT2D eigenvalue weighted by molar-refractivity contribution is 9.09. The van der Waals surface area contributed by atoms with Crippen LogP contribution in [0.2, 0.25) is 0 Å². The van der Waals surface area contributed by atoms with E-state index in [9.17, 15) is 4.79 Å². The van der Waals surface area contributed by atoms with E-state index < -0.39 is 0 Å². The molecule has 1 N–H and O–H groups in total. The topological polar surface area (TPSA) is 38.3 Å². The Balaban J connectivity index is 2.57. The number of benzene rings is 1. The molecule has 1 atom stereocenters. The minimum Gasteiger partial charge on any atom is -0.497 e. The molecule has 4 heteroatoms. The van der Waals surface area contributed by atoms with Crippen molar-refractivity contribution in [3.8, 4) is 5.75 Å². The second-order valence-electron chi connectivity index (χ2n) is 4.20. The van der Waals surface area contributed by atoms with Gasteiger partial charge in [0.1, 0.15) is 5.75 Å². The largest absolute Gasteiger partial charge is 0.497 e. The van der Waals surface area contributed by atoms with Crippen LogP contribution in [0, 0.1) is 5.92 Å². The molecular formula is C13H18BrNO2. The van der Waals surface area contributed by atoms with E-state index in [1.54, 1.807) is 19.2 Å². The number of nitrogens with one attached hydrogen (secondary N) is 1. The van der Waals surface area contributed by atoms with Crippen LogP contribution >= 0.6 is 15.9 Å². The second-order valence-corrected chi connectivity index (χ2v) is 5.38. The summed E-state index contributed by atoms with van der Waals surface area (Å²) >= 11 is 3.53. The highest BCUT2D eigenvalue weighted by Crippen LogP contribution is 2.13. The molecule has 0 saturated carbocycles. The molecule has 0 aromatic heterocycles. The van der Waals surface area contributed by atoms with E-state index in [2.05, 4.69) is 35.1 Å². The lowest BCUT2D eigenvalue weighted by molar-refractivity contribution is 0.0952. The Morgan fingerprint density at radius 1 is 1.47 bits per heavy atom. The molecule has 0 aliphatic carbocycles. The third-order valence-electron chi connectivity index (χ3n) is 2.51. The van der Waals surface area contributed by atoms with Crippen molar-refractivity contribution in [2.75, 3.05) is 13.7 Å². The van der Waals surface area contributed by atoms with Crippen LogP contribution < -0.4 is 10.1 Å². The maximum atomic E-state index is 11.9. The van der Waals surface area contributed by atoms with E-state index >= 15 is 0 Å². The first-order chi connectivity index (χ1) is 8.04. The van der Waals surface area contributed by atoms with Gasteiger partial charge in [-0.05, 0) is 24.1 Å². The molecule has 0 aliphatic heterocycles. The predicted octanol–water partition coefficient (Wildman–Crippen LogP) is 2.84. The van der Waals surface area contributed by atoms with E-state index in [0.717, 1.165) is 0 Å². The fourth-order valence-corrected chi connectivity index (χ4v) is 1.45. The standard InChI is InChI=1S/C13H18BrNO2/c1-9(2)12(14)8-15-13(16)10-5-4-6-11(7-10)17-3/h4-7,9,12H,8H2,1-3H3,(H,15,16). The van der Waals surface area contributed by atoms with Gasteiger partial charge < -0.3 is 10.1 Å². The maximum absolute atomic E-state index is 11.9. The number of hydrogen-bond donors (Lipinski definition) is 1. The van der Waals surface area contributed by atoms with E-state index in [0.29, 0.717) is 23.8 Å². The molecule has 0 bridgehead atoms. The summed E-state index contributed by atoms with van der Waals surface area (Å²) in [6.07, 6.45) is 0. The van der Waals surface area contributed by atoms with Crippen molar-refractivity contribution < 1.29 is 9.53 Å². The van der Waals surface area contributed by atoms with Crippen molar-refractivity contribution >= 4 is 21.8 Å². The fraction of sp³-hybridized carbons (Fsp3) is 0.462. The molecule has 0 spiro atoms. The monoisotopic (exact) mass is 299 g/mol. The lowest BCUT2D eigenvalue weighted by atomic mass is 10.1. The van der Waals surface area contributed by atoms with Crippen LogP contribution in [0.1, 0.15) is 24.2 Å².